The molecule has 0 spiro atoms. The lowest BCUT2D eigenvalue weighted by Crippen LogP contribution is -1.97. The standard InChI is InChI=1S/C8H7F2NO3S/c9-7(10)2-1-3-15(13)8-11-4-6(5-12)14-8/h2,4-5H,1,3H2. The maximum atomic E-state index is 11.6. The van der Waals surface area contributed by atoms with Gasteiger partial charge in [0.15, 0.2) is 12.0 Å². The van der Waals surface area contributed by atoms with E-state index in [1.165, 1.54) is 0 Å². The van der Waals surface area contributed by atoms with Gasteiger partial charge in [-0.3, -0.25) is 4.79 Å². The van der Waals surface area contributed by atoms with E-state index in [1.54, 1.807) is 0 Å². The highest BCUT2D eigenvalue weighted by Crippen LogP contribution is 2.08. The van der Waals surface area contributed by atoms with E-state index in [-0.39, 0.29) is 23.2 Å². The van der Waals surface area contributed by atoms with Crippen LogP contribution in [0.25, 0.3) is 0 Å². The van der Waals surface area contributed by atoms with Crippen LogP contribution in [0.15, 0.2) is 28.0 Å². The zero-order valence-corrected chi connectivity index (χ0v) is 8.30. The van der Waals surface area contributed by atoms with Gasteiger partial charge in [0, 0.05) is 5.75 Å². The Labute approximate surface area is 86.4 Å². The molecular formula is C8H7F2NO3S. The molecular weight excluding hydrogens is 228 g/mol. The molecule has 82 valence electrons. The van der Waals surface area contributed by atoms with E-state index in [0.717, 1.165) is 6.20 Å². The maximum Gasteiger partial charge on any atom is 0.287 e. The van der Waals surface area contributed by atoms with E-state index in [9.17, 15) is 17.8 Å². The molecule has 0 fully saturated rings. The van der Waals surface area contributed by atoms with Crippen molar-refractivity contribution in [3.8, 4) is 0 Å². The number of rotatable bonds is 5. The number of hydrogen-bond acceptors (Lipinski definition) is 4. The molecule has 0 radical (unpaired) electrons. The summed E-state index contributed by atoms with van der Waals surface area (Å²) in [6.07, 6.45) is 0.378. The first kappa shape index (κ1) is 11.7. The minimum Gasteiger partial charge on any atom is -0.427 e. The minimum absolute atomic E-state index is 0.0177. The summed E-state index contributed by atoms with van der Waals surface area (Å²) in [4.78, 5) is 13.8. The van der Waals surface area contributed by atoms with E-state index in [4.69, 9.17) is 4.42 Å². The average molecular weight is 235 g/mol. The number of hydrogen-bond donors (Lipinski definition) is 0. The molecule has 0 aliphatic heterocycles. The van der Waals surface area contributed by atoms with Gasteiger partial charge in [0.25, 0.3) is 11.3 Å². The normalized spacial score (nSPS) is 12.1. The van der Waals surface area contributed by atoms with Crippen LogP contribution in [-0.2, 0) is 10.8 Å². The third kappa shape index (κ3) is 3.70. The van der Waals surface area contributed by atoms with Crippen LogP contribution in [0.1, 0.15) is 17.0 Å². The van der Waals surface area contributed by atoms with Gasteiger partial charge in [-0.05, 0) is 12.5 Å². The molecule has 1 atom stereocenters. The third-order valence-corrected chi connectivity index (χ3v) is 2.60. The molecule has 0 aliphatic rings. The Morgan fingerprint density at radius 2 is 2.33 bits per heavy atom. The fourth-order valence-corrected chi connectivity index (χ4v) is 1.66. The summed E-state index contributed by atoms with van der Waals surface area (Å²) in [5, 5.41) is -0.121. The van der Waals surface area contributed by atoms with Crippen LogP contribution in [0.2, 0.25) is 0 Å². The molecule has 1 heterocycles. The summed E-state index contributed by atoms with van der Waals surface area (Å²) in [5.74, 6) is -0.0542. The summed E-state index contributed by atoms with van der Waals surface area (Å²) in [7, 11) is -1.60. The maximum absolute atomic E-state index is 11.6. The molecule has 0 N–H and O–H groups in total. The Hall–Kier alpha value is -1.37. The molecule has 1 rings (SSSR count). The van der Waals surface area contributed by atoms with Gasteiger partial charge in [-0.1, -0.05) is 0 Å². The number of carbonyl (C=O) groups is 1. The van der Waals surface area contributed by atoms with Crippen LogP contribution in [-0.4, -0.2) is 21.2 Å². The van der Waals surface area contributed by atoms with E-state index in [2.05, 4.69) is 4.98 Å². The average Bonchev–Trinajstić information content (AvgIpc) is 2.65. The quantitative estimate of drug-likeness (QED) is 0.729. The second kappa shape index (κ2) is 5.50. The lowest BCUT2D eigenvalue weighted by molar-refractivity contribution is 0.109. The van der Waals surface area contributed by atoms with Crippen LogP contribution in [0.3, 0.4) is 0 Å². The molecule has 0 amide bonds. The van der Waals surface area contributed by atoms with Crippen LogP contribution in [0.5, 0.6) is 0 Å². The van der Waals surface area contributed by atoms with Gasteiger partial charge < -0.3 is 4.42 Å². The number of nitrogens with zero attached hydrogens (tertiary/aromatic N) is 1. The highest BCUT2D eigenvalue weighted by Gasteiger charge is 2.10. The van der Waals surface area contributed by atoms with Gasteiger partial charge in [-0.2, -0.15) is 8.78 Å². The Balaban J connectivity index is 2.54. The monoisotopic (exact) mass is 235 g/mol. The first-order valence-corrected chi connectivity index (χ1v) is 5.26. The molecule has 1 unspecified atom stereocenters. The molecule has 15 heavy (non-hydrogen) atoms. The predicted molar refractivity (Wildman–Crippen MR) is 48.1 cm³/mol. The van der Waals surface area contributed by atoms with Gasteiger partial charge in [0.1, 0.15) is 10.8 Å². The number of aromatic nitrogens is 1. The highest BCUT2D eigenvalue weighted by molar-refractivity contribution is 7.84. The second-order valence-corrected chi connectivity index (χ2v) is 3.93. The van der Waals surface area contributed by atoms with E-state index < -0.39 is 16.9 Å². The fourth-order valence-electron chi connectivity index (χ4n) is 0.792. The van der Waals surface area contributed by atoms with Crippen molar-refractivity contribution in [1.29, 1.82) is 0 Å². The summed E-state index contributed by atoms with van der Waals surface area (Å²) in [6.45, 7) is 0. The van der Waals surface area contributed by atoms with Crippen molar-refractivity contribution in [3.63, 3.8) is 0 Å². The topological polar surface area (TPSA) is 60.2 Å². The Bertz CT molecular complexity index is 398. The van der Waals surface area contributed by atoms with Crippen molar-refractivity contribution in [2.75, 3.05) is 5.75 Å². The molecule has 0 bridgehead atoms. The Kier molecular flexibility index (Phi) is 4.29. The number of allylic oxidation sites excluding steroid dienone is 1. The van der Waals surface area contributed by atoms with Crippen molar-refractivity contribution in [3.05, 3.63) is 24.1 Å². The van der Waals surface area contributed by atoms with Crippen LogP contribution < -0.4 is 0 Å². The molecule has 1 aromatic heterocycles. The van der Waals surface area contributed by atoms with E-state index in [0.29, 0.717) is 12.4 Å². The largest absolute Gasteiger partial charge is 0.427 e. The van der Waals surface area contributed by atoms with Crippen molar-refractivity contribution >= 4 is 17.1 Å². The number of oxazole rings is 1. The number of carbonyl (C=O) groups excluding carboxylic acids is 1. The van der Waals surface area contributed by atoms with Gasteiger partial charge >= 0.3 is 0 Å². The first-order valence-electron chi connectivity index (χ1n) is 3.94. The summed E-state index contributed by atoms with van der Waals surface area (Å²) >= 11 is 0. The van der Waals surface area contributed by atoms with E-state index in [1.807, 2.05) is 0 Å². The molecule has 4 nitrogen and oxygen atoms in total. The second-order valence-electron chi connectivity index (χ2n) is 2.48. The third-order valence-electron chi connectivity index (χ3n) is 1.42. The molecule has 0 aliphatic carbocycles. The van der Waals surface area contributed by atoms with Crippen molar-refractivity contribution in [1.82, 2.24) is 4.98 Å². The summed E-state index contributed by atoms with van der Waals surface area (Å²) < 4.78 is 39.3. The molecule has 0 aromatic carbocycles. The first-order chi connectivity index (χ1) is 7.13. The van der Waals surface area contributed by atoms with Crippen LogP contribution in [0, 0.1) is 0 Å². The van der Waals surface area contributed by atoms with Crippen molar-refractivity contribution in [2.24, 2.45) is 0 Å². The lowest BCUT2D eigenvalue weighted by atomic mass is 10.5. The zero-order chi connectivity index (χ0) is 11.3. The molecule has 1 aromatic rings. The smallest absolute Gasteiger partial charge is 0.287 e. The summed E-state index contributed by atoms with van der Waals surface area (Å²) in [5.41, 5.74) is 0. The van der Waals surface area contributed by atoms with Gasteiger partial charge in [-0.25, -0.2) is 9.19 Å². The number of aldehydes is 1. The number of halogens is 2. The van der Waals surface area contributed by atoms with E-state index >= 15 is 0 Å². The Morgan fingerprint density at radius 1 is 1.60 bits per heavy atom. The highest BCUT2D eigenvalue weighted by atomic mass is 32.2. The van der Waals surface area contributed by atoms with Crippen LogP contribution >= 0.6 is 0 Å². The van der Waals surface area contributed by atoms with Gasteiger partial charge in [0.2, 0.25) is 0 Å². The van der Waals surface area contributed by atoms with Crippen molar-refractivity contribution < 1.29 is 22.2 Å². The molecule has 7 heteroatoms. The molecule has 0 saturated heterocycles. The van der Waals surface area contributed by atoms with Gasteiger partial charge in [0.05, 0.1) is 6.20 Å². The van der Waals surface area contributed by atoms with Crippen molar-refractivity contribution in [2.45, 2.75) is 11.6 Å². The molecule has 0 saturated carbocycles. The van der Waals surface area contributed by atoms with Gasteiger partial charge in [-0.15, -0.1) is 0 Å². The summed E-state index contributed by atoms with van der Waals surface area (Å²) in [6, 6.07) is 0. The lowest BCUT2D eigenvalue weighted by Gasteiger charge is -1.92. The Morgan fingerprint density at radius 3 is 2.87 bits per heavy atom. The minimum atomic E-state index is -1.81. The SMILES string of the molecule is O=Cc1cnc(S(=O)CCC=C(F)F)o1. The van der Waals surface area contributed by atoms with Crippen LogP contribution in [0.4, 0.5) is 8.78 Å². The fraction of sp³-hybridized carbons (Fsp3) is 0.250. The predicted octanol–water partition coefficient (Wildman–Crippen LogP) is 1.77. The zero-order valence-electron chi connectivity index (χ0n) is 7.48.